The van der Waals surface area contributed by atoms with Crippen LogP contribution in [0, 0.1) is 0 Å². The summed E-state index contributed by atoms with van der Waals surface area (Å²) >= 11 is 0. The molecule has 8 heteroatoms. The molecule has 2 rings (SSSR count). The maximum absolute atomic E-state index is 11.5. The van der Waals surface area contributed by atoms with Crippen LogP contribution >= 0.6 is 0 Å². The van der Waals surface area contributed by atoms with E-state index in [2.05, 4.69) is 20.8 Å². The number of carboxylic acid groups (broad SMARTS) is 1. The molecule has 3 N–H and O–H groups in total. The van der Waals surface area contributed by atoms with Gasteiger partial charge in [-0.2, -0.15) is 0 Å². The lowest BCUT2D eigenvalue weighted by Crippen LogP contribution is -2.33. The number of aromatic carboxylic acids is 1. The van der Waals surface area contributed by atoms with Crippen LogP contribution in [0.3, 0.4) is 0 Å². The second-order valence-electron chi connectivity index (χ2n) is 3.89. The Labute approximate surface area is 119 Å². The largest absolute Gasteiger partial charge is 0.482 e. The number of nitrogens with one attached hydrogen (secondary N) is 2. The first-order chi connectivity index (χ1) is 10.1. The molecule has 108 valence electrons. The van der Waals surface area contributed by atoms with E-state index in [4.69, 9.17) is 9.84 Å². The highest BCUT2D eigenvalue weighted by molar-refractivity contribution is 5.87. The van der Waals surface area contributed by atoms with E-state index in [0.717, 1.165) is 0 Å². The predicted molar refractivity (Wildman–Crippen MR) is 72.7 cm³/mol. The van der Waals surface area contributed by atoms with Gasteiger partial charge < -0.3 is 9.84 Å². The van der Waals surface area contributed by atoms with Gasteiger partial charge in [-0.15, -0.1) is 0 Å². The normalized spacial score (nSPS) is 9.71. The summed E-state index contributed by atoms with van der Waals surface area (Å²) in [6.07, 6.45) is 4.10. The van der Waals surface area contributed by atoms with Gasteiger partial charge in [-0.25, -0.2) is 9.78 Å². The second kappa shape index (κ2) is 6.85. The SMILES string of the molecule is O=C(COc1cncc(C(=O)O)c1)NNc1ccccn1. The van der Waals surface area contributed by atoms with Crippen molar-refractivity contribution in [3.05, 3.63) is 48.4 Å². The molecule has 1 amide bonds. The zero-order valence-electron chi connectivity index (χ0n) is 10.8. The molecule has 2 aromatic rings. The van der Waals surface area contributed by atoms with Crippen molar-refractivity contribution in [1.29, 1.82) is 0 Å². The highest BCUT2D eigenvalue weighted by atomic mass is 16.5. The van der Waals surface area contributed by atoms with Gasteiger partial charge in [0.05, 0.1) is 11.8 Å². The Kier molecular flexibility index (Phi) is 4.65. The van der Waals surface area contributed by atoms with E-state index in [9.17, 15) is 9.59 Å². The Morgan fingerprint density at radius 3 is 2.86 bits per heavy atom. The number of hydrogen-bond donors (Lipinski definition) is 3. The number of rotatable bonds is 6. The van der Waals surface area contributed by atoms with Crippen molar-refractivity contribution in [3.8, 4) is 5.75 Å². The Balaban J connectivity index is 1.81. The first-order valence-electron chi connectivity index (χ1n) is 5.92. The summed E-state index contributed by atoms with van der Waals surface area (Å²) < 4.78 is 5.15. The third-order valence-electron chi connectivity index (χ3n) is 2.32. The number of aromatic nitrogens is 2. The van der Waals surface area contributed by atoms with E-state index in [1.54, 1.807) is 24.4 Å². The predicted octanol–water partition coefficient (Wildman–Crippen LogP) is 0.697. The molecule has 0 saturated heterocycles. The van der Waals surface area contributed by atoms with Gasteiger partial charge in [0, 0.05) is 12.4 Å². The van der Waals surface area contributed by atoms with Crippen molar-refractivity contribution in [1.82, 2.24) is 15.4 Å². The highest BCUT2D eigenvalue weighted by Crippen LogP contribution is 2.10. The van der Waals surface area contributed by atoms with Crippen molar-refractivity contribution in [2.75, 3.05) is 12.0 Å². The average molecular weight is 288 g/mol. The topological polar surface area (TPSA) is 113 Å². The lowest BCUT2D eigenvalue weighted by Gasteiger charge is -2.08. The molecule has 0 bridgehead atoms. The first-order valence-corrected chi connectivity index (χ1v) is 5.92. The maximum atomic E-state index is 11.5. The molecule has 0 atom stereocenters. The van der Waals surface area contributed by atoms with Gasteiger partial charge in [0.25, 0.3) is 5.91 Å². The zero-order valence-corrected chi connectivity index (χ0v) is 10.8. The van der Waals surface area contributed by atoms with Crippen LogP contribution in [0.2, 0.25) is 0 Å². The van der Waals surface area contributed by atoms with Gasteiger partial charge in [0.1, 0.15) is 11.6 Å². The Hall–Kier alpha value is -3.16. The fourth-order valence-electron chi connectivity index (χ4n) is 1.37. The van der Waals surface area contributed by atoms with Gasteiger partial charge in [-0.3, -0.25) is 20.6 Å². The third kappa shape index (κ3) is 4.46. The molecule has 0 fully saturated rings. The summed E-state index contributed by atoms with van der Waals surface area (Å²) in [5.74, 6) is -0.876. The molecular weight excluding hydrogens is 276 g/mol. The minimum atomic E-state index is -1.12. The lowest BCUT2D eigenvalue weighted by molar-refractivity contribution is -0.122. The maximum Gasteiger partial charge on any atom is 0.337 e. The van der Waals surface area contributed by atoms with Crippen LogP contribution in [0.15, 0.2) is 42.9 Å². The van der Waals surface area contributed by atoms with E-state index in [-0.39, 0.29) is 17.9 Å². The molecule has 2 heterocycles. The number of nitrogens with zero attached hydrogens (tertiary/aromatic N) is 2. The quantitative estimate of drug-likeness (QED) is 0.670. The van der Waals surface area contributed by atoms with Crippen LogP contribution in [0.25, 0.3) is 0 Å². The van der Waals surface area contributed by atoms with E-state index >= 15 is 0 Å². The number of hydrogen-bond acceptors (Lipinski definition) is 6. The number of carbonyl (C=O) groups excluding carboxylic acids is 1. The Bertz CT molecular complexity index is 633. The molecule has 0 unspecified atom stereocenters. The summed E-state index contributed by atoms with van der Waals surface area (Å²) in [5, 5.41) is 8.81. The van der Waals surface area contributed by atoms with Gasteiger partial charge in [-0.1, -0.05) is 6.07 Å². The molecule has 0 saturated carbocycles. The first kappa shape index (κ1) is 14.3. The van der Waals surface area contributed by atoms with Crippen LogP contribution in [0.1, 0.15) is 10.4 Å². The smallest absolute Gasteiger partial charge is 0.337 e. The highest BCUT2D eigenvalue weighted by Gasteiger charge is 2.07. The Morgan fingerprint density at radius 1 is 1.29 bits per heavy atom. The fraction of sp³-hybridized carbons (Fsp3) is 0.0769. The summed E-state index contributed by atoms with van der Waals surface area (Å²) in [4.78, 5) is 30.0. The second-order valence-corrected chi connectivity index (χ2v) is 3.89. The van der Waals surface area contributed by atoms with E-state index in [1.165, 1.54) is 18.5 Å². The van der Waals surface area contributed by atoms with Crippen LogP contribution in [-0.2, 0) is 4.79 Å². The summed E-state index contributed by atoms with van der Waals surface area (Å²) in [6.45, 7) is -0.287. The number of pyridine rings is 2. The van der Waals surface area contributed by atoms with Gasteiger partial charge in [-0.05, 0) is 18.2 Å². The number of ether oxygens (including phenoxy) is 1. The monoisotopic (exact) mass is 288 g/mol. The van der Waals surface area contributed by atoms with Crippen molar-refractivity contribution in [2.45, 2.75) is 0 Å². The molecule has 0 aliphatic rings. The third-order valence-corrected chi connectivity index (χ3v) is 2.32. The van der Waals surface area contributed by atoms with Gasteiger partial charge in [0.15, 0.2) is 6.61 Å². The standard InChI is InChI=1S/C13H12N4O4/c18-12(17-16-11-3-1-2-4-15-11)8-21-10-5-9(13(19)20)6-14-7-10/h1-7H,8H2,(H,15,16)(H,17,18)(H,19,20). The molecule has 0 spiro atoms. The van der Waals surface area contributed by atoms with E-state index in [1.807, 2.05) is 0 Å². The molecule has 21 heavy (non-hydrogen) atoms. The molecule has 0 radical (unpaired) electrons. The average Bonchev–Trinajstić information content (AvgIpc) is 2.52. The zero-order chi connectivity index (χ0) is 15.1. The van der Waals surface area contributed by atoms with Gasteiger partial charge in [0.2, 0.25) is 0 Å². The van der Waals surface area contributed by atoms with E-state index < -0.39 is 11.9 Å². The van der Waals surface area contributed by atoms with Gasteiger partial charge >= 0.3 is 5.97 Å². The molecule has 0 aliphatic heterocycles. The fourth-order valence-corrected chi connectivity index (χ4v) is 1.37. The molecule has 0 aromatic carbocycles. The van der Waals surface area contributed by atoms with E-state index in [0.29, 0.717) is 5.82 Å². The Morgan fingerprint density at radius 2 is 2.14 bits per heavy atom. The number of amides is 1. The summed E-state index contributed by atoms with van der Waals surface area (Å²) in [7, 11) is 0. The number of hydrazine groups is 1. The summed E-state index contributed by atoms with van der Waals surface area (Å²) in [6, 6.07) is 6.48. The molecule has 8 nitrogen and oxygen atoms in total. The van der Waals surface area contributed by atoms with Crippen LogP contribution in [0.5, 0.6) is 5.75 Å². The van der Waals surface area contributed by atoms with Crippen molar-refractivity contribution in [3.63, 3.8) is 0 Å². The van der Waals surface area contributed by atoms with Crippen molar-refractivity contribution >= 4 is 17.7 Å². The molecular formula is C13H12N4O4. The lowest BCUT2D eigenvalue weighted by atomic mass is 10.3. The van der Waals surface area contributed by atoms with Crippen LogP contribution in [0.4, 0.5) is 5.82 Å². The van der Waals surface area contributed by atoms with Crippen LogP contribution < -0.4 is 15.6 Å². The number of carbonyl (C=O) groups is 2. The minimum absolute atomic E-state index is 0.0143. The van der Waals surface area contributed by atoms with Crippen molar-refractivity contribution in [2.24, 2.45) is 0 Å². The van der Waals surface area contributed by atoms with Crippen LogP contribution in [-0.4, -0.2) is 33.6 Å². The molecule has 0 aliphatic carbocycles. The number of anilines is 1. The molecule has 2 aromatic heterocycles. The minimum Gasteiger partial charge on any atom is -0.482 e. The number of carboxylic acids is 1. The van der Waals surface area contributed by atoms with Crippen molar-refractivity contribution < 1.29 is 19.4 Å². The summed E-state index contributed by atoms with van der Waals surface area (Å²) in [5.41, 5.74) is 4.99.